The first-order chi connectivity index (χ1) is 5.41. The van der Waals surface area contributed by atoms with Crippen LogP contribution in [0.4, 0.5) is 0 Å². The minimum atomic E-state index is -0.172. The number of rotatable bonds is 1. The van der Waals surface area contributed by atoms with Crippen LogP contribution in [-0.2, 0) is 4.79 Å². The quantitative estimate of drug-likeness (QED) is 0.602. The lowest BCUT2D eigenvalue weighted by atomic mass is 9.84. The van der Waals surface area contributed by atoms with Gasteiger partial charge in [-0.1, -0.05) is 20.8 Å². The Bertz CT molecular complexity index is 183. The van der Waals surface area contributed by atoms with E-state index in [0.29, 0.717) is 6.04 Å². The summed E-state index contributed by atoms with van der Waals surface area (Å²) in [6, 6.07) is 0.426. The van der Waals surface area contributed by atoms with Crippen LogP contribution in [0.25, 0.3) is 0 Å². The molecule has 0 saturated carbocycles. The lowest BCUT2D eigenvalue weighted by molar-refractivity contribution is -0.121. The van der Waals surface area contributed by atoms with Crippen LogP contribution < -0.4 is 11.1 Å². The fraction of sp³-hybridized carbons (Fsp3) is 0.889. The third-order valence-electron chi connectivity index (χ3n) is 2.58. The first-order valence-electron chi connectivity index (χ1n) is 4.44. The molecule has 3 nitrogen and oxygen atoms in total. The summed E-state index contributed by atoms with van der Waals surface area (Å²) in [7, 11) is 0. The van der Waals surface area contributed by atoms with Crippen LogP contribution in [0.5, 0.6) is 0 Å². The van der Waals surface area contributed by atoms with Crippen LogP contribution in [0, 0.1) is 11.3 Å². The molecule has 0 aromatic rings. The predicted molar refractivity (Wildman–Crippen MR) is 48.5 cm³/mol. The molecule has 0 spiro atoms. The lowest BCUT2D eigenvalue weighted by Gasteiger charge is -2.26. The third kappa shape index (κ3) is 1.97. The maximum absolute atomic E-state index is 10.9. The predicted octanol–water partition coefficient (Wildman–Crippen LogP) is 0.496. The van der Waals surface area contributed by atoms with Gasteiger partial charge in [-0.15, -0.1) is 0 Å². The van der Waals surface area contributed by atoms with E-state index in [4.69, 9.17) is 5.73 Å². The van der Waals surface area contributed by atoms with Crippen LogP contribution in [0.2, 0.25) is 0 Å². The Hall–Kier alpha value is -0.570. The van der Waals surface area contributed by atoms with Gasteiger partial charge in [-0.3, -0.25) is 4.79 Å². The Morgan fingerprint density at radius 1 is 1.50 bits per heavy atom. The molecule has 0 aromatic heterocycles. The van der Waals surface area contributed by atoms with Gasteiger partial charge in [0, 0.05) is 12.6 Å². The third-order valence-corrected chi connectivity index (χ3v) is 2.58. The summed E-state index contributed by atoms with van der Waals surface area (Å²) >= 11 is 0. The highest BCUT2D eigenvalue weighted by Crippen LogP contribution is 2.28. The Labute approximate surface area is 73.7 Å². The average Bonchev–Trinajstić information content (AvgIpc) is 2.30. The first kappa shape index (κ1) is 9.52. The smallest absolute Gasteiger partial charge is 0.221 e. The van der Waals surface area contributed by atoms with Crippen molar-refractivity contribution in [2.75, 3.05) is 6.54 Å². The first-order valence-corrected chi connectivity index (χ1v) is 4.44. The molecular weight excluding hydrogens is 152 g/mol. The van der Waals surface area contributed by atoms with Crippen molar-refractivity contribution in [2.24, 2.45) is 17.1 Å². The molecule has 1 aliphatic heterocycles. The molecule has 3 heteroatoms. The highest BCUT2D eigenvalue weighted by molar-refractivity contribution is 5.77. The van der Waals surface area contributed by atoms with Crippen LogP contribution >= 0.6 is 0 Å². The van der Waals surface area contributed by atoms with Crippen molar-refractivity contribution < 1.29 is 4.79 Å². The van der Waals surface area contributed by atoms with Gasteiger partial charge < -0.3 is 11.1 Å². The zero-order valence-corrected chi connectivity index (χ0v) is 8.05. The molecule has 3 N–H and O–H groups in total. The van der Waals surface area contributed by atoms with Crippen molar-refractivity contribution in [2.45, 2.75) is 33.2 Å². The maximum atomic E-state index is 10.9. The zero-order chi connectivity index (χ0) is 9.35. The molecule has 70 valence electrons. The zero-order valence-electron chi connectivity index (χ0n) is 8.05. The summed E-state index contributed by atoms with van der Waals surface area (Å²) in [6.45, 7) is 7.27. The van der Waals surface area contributed by atoms with Crippen LogP contribution in [0.15, 0.2) is 0 Å². The van der Waals surface area contributed by atoms with E-state index >= 15 is 0 Å². The monoisotopic (exact) mass is 170 g/mol. The second kappa shape index (κ2) is 3.05. The maximum Gasteiger partial charge on any atom is 0.221 e. The summed E-state index contributed by atoms with van der Waals surface area (Å²) in [4.78, 5) is 10.9. The van der Waals surface area contributed by atoms with Crippen molar-refractivity contribution in [3.8, 4) is 0 Å². The Balaban J connectivity index is 2.51. The molecule has 1 saturated heterocycles. The van der Waals surface area contributed by atoms with Crippen LogP contribution in [-0.4, -0.2) is 18.5 Å². The summed E-state index contributed by atoms with van der Waals surface area (Å²) in [5.74, 6) is -0.136. The van der Waals surface area contributed by atoms with Gasteiger partial charge in [-0.2, -0.15) is 0 Å². The van der Waals surface area contributed by atoms with E-state index in [-0.39, 0.29) is 17.2 Å². The Morgan fingerprint density at radius 3 is 2.33 bits per heavy atom. The average molecular weight is 170 g/mol. The number of hydrogen-bond donors (Lipinski definition) is 2. The minimum Gasteiger partial charge on any atom is -0.369 e. The number of hydrogen-bond acceptors (Lipinski definition) is 2. The Kier molecular flexibility index (Phi) is 2.42. The molecule has 1 fully saturated rings. The molecule has 0 radical (unpaired) electrons. The number of amides is 1. The lowest BCUT2D eigenvalue weighted by Crippen LogP contribution is -2.34. The molecule has 1 rings (SSSR count). The summed E-state index contributed by atoms with van der Waals surface area (Å²) in [6.07, 6.45) is 0.888. The topological polar surface area (TPSA) is 55.1 Å². The minimum absolute atomic E-state index is 0.0363. The highest BCUT2D eigenvalue weighted by atomic mass is 16.1. The normalized spacial score (nSPS) is 30.6. The highest BCUT2D eigenvalue weighted by Gasteiger charge is 2.34. The molecule has 1 amide bonds. The van der Waals surface area contributed by atoms with Crippen molar-refractivity contribution in [3.63, 3.8) is 0 Å². The van der Waals surface area contributed by atoms with Crippen LogP contribution in [0.1, 0.15) is 27.2 Å². The van der Waals surface area contributed by atoms with Gasteiger partial charge in [-0.05, 0) is 11.8 Å². The van der Waals surface area contributed by atoms with Crippen molar-refractivity contribution in [1.82, 2.24) is 5.32 Å². The molecular formula is C9H18N2O. The molecule has 2 atom stereocenters. The molecule has 12 heavy (non-hydrogen) atoms. The summed E-state index contributed by atoms with van der Waals surface area (Å²) < 4.78 is 0. The largest absolute Gasteiger partial charge is 0.369 e. The van der Waals surface area contributed by atoms with Gasteiger partial charge in [0.25, 0.3) is 0 Å². The van der Waals surface area contributed by atoms with E-state index in [1.165, 1.54) is 0 Å². The molecule has 1 aliphatic rings. The second-order valence-corrected chi connectivity index (χ2v) is 4.66. The number of nitrogens with one attached hydrogen (secondary N) is 1. The SMILES string of the molecule is CC(C)(C)C1CC(C(N)=O)CN1. The van der Waals surface area contributed by atoms with Gasteiger partial charge in [-0.25, -0.2) is 0 Å². The fourth-order valence-electron chi connectivity index (χ4n) is 1.61. The van der Waals surface area contributed by atoms with Gasteiger partial charge >= 0.3 is 0 Å². The van der Waals surface area contributed by atoms with Gasteiger partial charge in [0.15, 0.2) is 0 Å². The molecule has 1 heterocycles. The Morgan fingerprint density at radius 2 is 2.08 bits per heavy atom. The molecule has 0 aliphatic carbocycles. The van der Waals surface area contributed by atoms with Crippen molar-refractivity contribution in [3.05, 3.63) is 0 Å². The fourth-order valence-corrected chi connectivity index (χ4v) is 1.61. The van der Waals surface area contributed by atoms with E-state index in [2.05, 4.69) is 26.1 Å². The number of nitrogens with two attached hydrogens (primary N) is 1. The van der Waals surface area contributed by atoms with Crippen molar-refractivity contribution in [1.29, 1.82) is 0 Å². The molecule has 0 aromatic carbocycles. The number of carbonyl (C=O) groups excluding carboxylic acids is 1. The van der Waals surface area contributed by atoms with Gasteiger partial charge in [0.05, 0.1) is 5.92 Å². The standard InChI is InChI=1S/C9H18N2O/c1-9(2,3)7-4-6(5-11-7)8(10)12/h6-7,11H,4-5H2,1-3H3,(H2,10,12). The van der Waals surface area contributed by atoms with E-state index in [1.807, 2.05) is 0 Å². The number of carbonyl (C=O) groups is 1. The molecule has 0 bridgehead atoms. The summed E-state index contributed by atoms with van der Waals surface area (Å²) in [5.41, 5.74) is 5.45. The van der Waals surface area contributed by atoms with Gasteiger partial charge in [0.1, 0.15) is 0 Å². The summed E-state index contributed by atoms with van der Waals surface area (Å²) in [5, 5.41) is 3.33. The number of primary amides is 1. The van der Waals surface area contributed by atoms with E-state index in [9.17, 15) is 4.79 Å². The van der Waals surface area contributed by atoms with Crippen molar-refractivity contribution >= 4 is 5.91 Å². The van der Waals surface area contributed by atoms with Gasteiger partial charge in [0.2, 0.25) is 5.91 Å². The van der Waals surface area contributed by atoms with E-state index in [1.54, 1.807) is 0 Å². The van der Waals surface area contributed by atoms with E-state index < -0.39 is 0 Å². The van der Waals surface area contributed by atoms with Crippen LogP contribution in [0.3, 0.4) is 0 Å². The molecule has 2 unspecified atom stereocenters. The van der Waals surface area contributed by atoms with E-state index in [0.717, 1.165) is 13.0 Å². The second-order valence-electron chi connectivity index (χ2n) is 4.66.